The molecular weight excluding hydrogens is 584 g/mol. The van der Waals surface area contributed by atoms with Crippen LogP contribution in [-0.4, -0.2) is 72.0 Å². The topological polar surface area (TPSA) is 59.1 Å². The molecule has 2 amide bonds. The highest BCUT2D eigenvalue weighted by molar-refractivity contribution is 7.80. The molecule has 3 aromatic rings. The third kappa shape index (κ3) is 7.16. The molecule has 0 radical (unpaired) electrons. The van der Waals surface area contributed by atoms with Crippen molar-refractivity contribution in [2.24, 2.45) is 0 Å². The largest absolute Gasteiger partial charge is 0.369 e. The Balaban J connectivity index is 1.22. The Morgan fingerprint density at radius 2 is 1.61 bits per heavy atom. The van der Waals surface area contributed by atoms with Gasteiger partial charge in [-0.25, -0.2) is 4.39 Å². The standard InChI is InChI=1S/C30H30Cl2FN5O2S/c31-21-5-9-24(10-6-21)34-28(39)20-27-29(40)38(26-4-1-3-22(32)19-26)30(41)37(27)14-2-13-35-15-17-36(18-16-35)25-11-7-23(33)8-12-25/h1,3-12,19,27H,2,13-18,20H2,(H,34,39). The number of thiocarbonyl (C=S) groups is 1. The van der Waals surface area contributed by atoms with Crippen molar-refractivity contribution in [3.05, 3.63) is 88.7 Å². The Hall–Kier alpha value is -3.24. The summed E-state index contributed by atoms with van der Waals surface area (Å²) >= 11 is 17.9. The average Bonchev–Trinajstić information content (AvgIpc) is 3.19. The van der Waals surface area contributed by atoms with Gasteiger partial charge in [-0.3, -0.25) is 19.4 Å². The van der Waals surface area contributed by atoms with Crippen LogP contribution in [0.2, 0.25) is 10.0 Å². The number of piperazine rings is 1. The van der Waals surface area contributed by atoms with Crippen LogP contribution >= 0.6 is 35.4 Å². The first-order chi connectivity index (χ1) is 19.8. The van der Waals surface area contributed by atoms with Crippen LogP contribution in [0.25, 0.3) is 0 Å². The van der Waals surface area contributed by atoms with Gasteiger partial charge in [-0.05, 0) is 91.9 Å². The summed E-state index contributed by atoms with van der Waals surface area (Å²) in [4.78, 5) is 34.6. The fraction of sp³-hybridized carbons (Fsp3) is 0.300. The van der Waals surface area contributed by atoms with E-state index in [0.29, 0.717) is 33.1 Å². The minimum atomic E-state index is -0.732. The van der Waals surface area contributed by atoms with Gasteiger partial charge in [0.15, 0.2) is 5.11 Å². The van der Waals surface area contributed by atoms with E-state index >= 15 is 0 Å². The first kappa shape index (κ1) is 29.3. The Morgan fingerprint density at radius 1 is 0.902 bits per heavy atom. The summed E-state index contributed by atoms with van der Waals surface area (Å²) in [5.41, 5.74) is 2.20. The van der Waals surface area contributed by atoms with Crippen LogP contribution in [-0.2, 0) is 9.59 Å². The normalized spacial score (nSPS) is 17.8. The maximum atomic E-state index is 13.6. The van der Waals surface area contributed by atoms with Crippen molar-refractivity contribution in [1.82, 2.24) is 9.80 Å². The number of rotatable bonds is 9. The summed E-state index contributed by atoms with van der Waals surface area (Å²) in [6, 6.07) is 19.7. The lowest BCUT2D eigenvalue weighted by Gasteiger charge is -2.36. The van der Waals surface area contributed by atoms with E-state index < -0.39 is 6.04 Å². The molecule has 5 rings (SSSR count). The second kappa shape index (κ2) is 13.2. The maximum absolute atomic E-state index is 13.6. The zero-order chi connectivity index (χ0) is 28.9. The van der Waals surface area contributed by atoms with Crippen LogP contribution in [0.5, 0.6) is 0 Å². The second-order valence-corrected chi connectivity index (χ2v) is 11.3. The Labute approximate surface area is 254 Å². The van der Waals surface area contributed by atoms with E-state index in [0.717, 1.165) is 44.8 Å². The number of hydrogen-bond acceptors (Lipinski definition) is 5. The lowest BCUT2D eigenvalue weighted by molar-refractivity contribution is -0.124. The van der Waals surface area contributed by atoms with Gasteiger partial charge in [0.1, 0.15) is 11.9 Å². The number of carbonyl (C=O) groups is 2. The fourth-order valence-corrected chi connectivity index (χ4v) is 5.93. The molecule has 0 aromatic heterocycles. The van der Waals surface area contributed by atoms with Gasteiger partial charge in [0.25, 0.3) is 5.91 Å². The quantitative estimate of drug-likeness (QED) is 0.314. The van der Waals surface area contributed by atoms with Crippen molar-refractivity contribution < 1.29 is 14.0 Å². The summed E-state index contributed by atoms with van der Waals surface area (Å²) in [5.74, 6) is -0.778. The monoisotopic (exact) mass is 613 g/mol. The first-order valence-corrected chi connectivity index (χ1v) is 14.6. The molecule has 1 unspecified atom stereocenters. The number of hydrogen-bond donors (Lipinski definition) is 1. The van der Waals surface area contributed by atoms with Crippen molar-refractivity contribution in [1.29, 1.82) is 0 Å². The van der Waals surface area contributed by atoms with Crippen LogP contribution in [0, 0.1) is 5.82 Å². The van der Waals surface area contributed by atoms with Crippen LogP contribution in [0.3, 0.4) is 0 Å². The zero-order valence-electron chi connectivity index (χ0n) is 22.3. The Kier molecular flexibility index (Phi) is 9.39. The van der Waals surface area contributed by atoms with E-state index in [1.807, 2.05) is 17.0 Å². The average molecular weight is 615 g/mol. The fourth-order valence-electron chi connectivity index (χ4n) is 5.21. The van der Waals surface area contributed by atoms with E-state index in [1.54, 1.807) is 48.5 Å². The number of anilines is 3. The molecule has 41 heavy (non-hydrogen) atoms. The Morgan fingerprint density at radius 3 is 2.29 bits per heavy atom. The predicted molar refractivity (Wildman–Crippen MR) is 166 cm³/mol. The molecule has 0 spiro atoms. The molecule has 1 N–H and O–H groups in total. The third-order valence-corrected chi connectivity index (χ3v) is 8.23. The molecule has 2 heterocycles. The number of carbonyl (C=O) groups excluding carboxylic acids is 2. The van der Waals surface area contributed by atoms with E-state index in [9.17, 15) is 14.0 Å². The van der Waals surface area contributed by atoms with E-state index in [2.05, 4.69) is 15.1 Å². The molecule has 2 aliphatic rings. The van der Waals surface area contributed by atoms with Gasteiger partial charge in [-0.1, -0.05) is 29.3 Å². The molecule has 7 nitrogen and oxygen atoms in total. The summed E-state index contributed by atoms with van der Waals surface area (Å²) < 4.78 is 13.3. The van der Waals surface area contributed by atoms with Gasteiger partial charge in [0.05, 0.1) is 12.1 Å². The van der Waals surface area contributed by atoms with Crippen molar-refractivity contribution in [3.63, 3.8) is 0 Å². The highest BCUT2D eigenvalue weighted by Crippen LogP contribution is 2.29. The maximum Gasteiger partial charge on any atom is 0.256 e. The number of halogens is 3. The molecule has 1 atom stereocenters. The summed E-state index contributed by atoms with van der Waals surface area (Å²) in [5, 5.41) is 4.28. The smallest absolute Gasteiger partial charge is 0.256 e. The SMILES string of the molecule is O=C(CC1C(=O)N(c2cccc(Cl)c2)C(=S)N1CCCN1CCN(c2ccc(F)cc2)CC1)Nc1ccc(Cl)cc1. The Bertz CT molecular complexity index is 1400. The zero-order valence-corrected chi connectivity index (χ0v) is 24.6. The number of nitrogens with one attached hydrogen (secondary N) is 1. The first-order valence-electron chi connectivity index (χ1n) is 13.5. The molecule has 2 saturated heterocycles. The summed E-state index contributed by atoms with van der Waals surface area (Å²) in [6.45, 7) is 4.80. The molecule has 11 heteroatoms. The highest BCUT2D eigenvalue weighted by atomic mass is 35.5. The van der Waals surface area contributed by atoms with Crippen molar-refractivity contribution >= 4 is 69.4 Å². The predicted octanol–water partition coefficient (Wildman–Crippen LogP) is 5.68. The minimum absolute atomic E-state index is 0.0466. The summed E-state index contributed by atoms with van der Waals surface area (Å²) in [7, 11) is 0. The minimum Gasteiger partial charge on any atom is -0.369 e. The number of amides is 2. The summed E-state index contributed by atoms with van der Waals surface area (Å²) in [6.07, 6.45) is 0.720. The van der Waals surface area contributed by atoms with Gasteiger partial charge in [-0.15, -0.1) is 0 Å². The molecule has 0 bridgehead atoms. The second-order valence-electron chi connectivity index (χ2n) is 10.1. The van der Waals surface area contributed by atoms with E-state index in [-0.39, 0.29) is 24.1 Å². The highest BCUT2D eigenvalue weighted by Gasteiger charge is 2.44. The van der Waals surface area contributed by atoms with Gasteiger partial charge in [0, 0.05) is 54.1 Å². The van der Waals surface area contributed by atoms with Crippen molar-refractivity contribution in [2.45, 2.75) is 18.9 Å². The lowest BCUT2D eigenvalue weighted by Crippen LogP contribution is -2.47. The van der Waals surface area contributed by atoms with Crippen LogP contribution in [0.1, 0.15) is 12.8 Å². The van der Waals surface area contributed by atoms with Gasteiger partial charge >= 0.3 is 0 Å². The molecule has 3 aromatic carbocycles. The van der Waals surface area contributed by atoms with E-state index in [1.165, 1.54) is 17.0 Å². The van der Waals surface area contributed by atoms with Crippen molar-refractivity contribution in [2.75, 3.05) is 54.4 Å². The molecule has 2 fully saturated rings. The van der Waals surface area contributed by atoms with Gasteiger partial charge < -0.3 is 15.1 Å². The molecule has 2 aliphatic heterocycles. The molecule has 0 saturated carbocycles. The van der Waals surface area contributed by atoms with Crippen LogP contribution in [0.15, 0.2) is 72.8 Å². The molecule has 0 aliphatic carbocycles. The lowest BCUT2D eigenvalue weighted by atomic mass is 10.1. The van der Waals surface area contributed by atoms with E-state index in [4.69, 9.17) is 35.4 Å². The van der Waals surface area contributed by atoms with Crippen LogP contribution < -0.4 is 15.1 Å². The number of benzene rings is 3. The van der Waals surface area contributed by atoms with Gasteiger partial charge in [-0.2, -0.15) is 0 Å². The number of nitrogens with zero attached hydrogens (tertiary/aromatic N) is 4. The van der Waals surface area contributed by atoms with Crippen molar-refractivity contribution in [3.8, 4) is 0 Å². The van der Waals surface area contributed by atoms with Gasteiger partial charge in [0.2, 0.25) is 5.91 Å². The molecular formula is C30H30Cl2FN5O2S. The third-order valence-electron chi connectivity index (χ3n) is 7.33. The molecule has 214 valence electrons. The van der Waals surface area contributed by atoms with Crippen LogP contribution in [0.4, 0.5) is 21.5 Å².